The predicted octanol–water partition coefficient (Wildman–Crippen LogP) is 13.5. The Morgan fingerprint density at radius 3 is 2.12 bits per heavy atom. The Bertz CT molecular complexity index is 2370. The highest BCUT2D eigenvalue weighted by Crippen LogP contribution is 2.65. The lowest BCUT2D eigenvalue weighted by Gasteiger charge is -2.55. The van der Waals surface area contributed by atoms with E-state index in [1.54, 1.807) is 11.1 Å². The van der Waals surface area contributed by atoms with Crippen molar-refractivity contribution in [1.82, 2.24) is 0 Å². The molecule has 0 amide bonds. The maximum atomic E-state index is 6.29. The van der Waals surface area contributed by atoms with Crippen molar-refractivity contribution in [3.63, 3.8) is 0 Å². The van der Waals surface area contributed by atoms with Crippen molar-refractivity contribution in [3.05, 3.63) is 151 Å². The highest BCUT2D eigenvalue weighted by molar-refractivity contribution is 6.06. The molecule has 2 fully saturated rings. The monoisotopic (exact) mass is 649 g/mol. The minimum atomic E-state index is 0.0510. The van der Waals surface area contributed by atoms with Gasteiger partial charge in [-0.05, 0) is 131 Å². The summed E-state index contributed by atoms with van der Waals surface area (Å²) in [5.41, 5.74) is 13.9. The van der Waals surface area contributed by atoms with E-state index in [4.69, 9.17) is 4.42 Å². The van der Waals surface area contributed by atoms with Gasteiger partial charge in [-0.15, -0.1) is 0 Å². The number of hydrogen-bond donors (Lipinski definition) is 0. The van der Waals surface area contributed by atoms with Crippen LogP contribution in [0.2, 0.25) is 0 Å². The zero-order valence-electron chi connectivity index (χ0n) is 29.0. The van der Waals surface area contributed by atoms with Crippen LogP contribution in [0.15, 0.2) is 144 Å². The Morgan fingerprint density at radius 2 is 1.26 bits per heavy atom. The van der Waals surface area contributed by atoms with Gasteiger partial charge >= 0.3 is 0 Å². The number of nitrogens with zero attached hydrogens (tertiary/aromatic N) is 1. The normalized spacial score (nSPS) is 23.6. The first kappa shape index (κ1) is 29.8. The van der Waals surface area contributed by atoms with Crippen molar-refractivity contribution in [2.24, 2.45) is 23.7 Å². The smallest absolute Gasteiger partial charge is 0.135 e. The van der Waals surface area contributed by atoms with Crippen LogP contribution < -0.4 is 4.90 Å². The van der Waals surface area contributed by atoms with E-state index in [1.807, 2.05) is 0 Å². The molecule has 7 aromatic rings. The number of furan rings is 1. The summed E-state index contributed by atoms with van der Waals surface area (Å²) >= 11 is 0. The molecule has 10 rings (SSSR count). The average Bonchev–Trinajstić information content (AvgIpc) is 3.67. The molecule has 1 heterocycles. The molecule has 2 bridgehead atoms. The van der Waals surface area contributed by atoms with Crippen LogP contribution in [0.5, 0.6) is 0 Å². The zero-order chi connectivity index (χ0) is 33.4. The number of hydrogen-bond acceptors (Lipinski definition) is 2. The largest absolute Gasteiger partial charge is 0.456 e. The number of benzene rings is 6. The standard InChI is InChI=1S/C48H43NO/c1-3-35-27-32-25-31(2)26-36(28-32)48(35)44-15-9-7-13-40(44)41-23-21-39(30-45(41)48)49(37-19-17-34(18-20-37)33-11-5-4-6-12-33)38-22-24-47-43(29-38)42-14-8-10-16-46(42)50-47/h4-24,29-32,35-36H,3,25-28H2,1-2H3. The first-order valence-corrected chi connectivity index (χ1v) is 18.7. The van der Waals surface area contributed by atoms with Gasteiger partial charge in [0.25, 0.3) is 0 Å². The van der Waals surface area contributed by atoms with Crippen LogP contribution in [0.3, 0.4) is 0 Å². The molecule has 3 aliphatic rings. The van der Waals surface area contributed by atoms with E-state index in [0.29, 0.717) is 11.8 Å². The fraction of sp³-hybridized carbons (Fsp3) is 0.250. The number of fused-ring (bicyclic) bond motifs is 11. The van der Waals surface area contributed by atoms with E-state index in [1.165, 1.54) is 60.0 Å². The van der Waals surface area contributed by atoms with E-state index in [0.717, 1.165) is 45.1 Å². The van der Waals surface area contributed by atoms with Crippen LogP contribution in [-0.4, -0.2) is 0 Å². The van der Waals surface area contributed by atoms with E-state index in [9.17, 15) is 0 Å². The van der Waals surface area contributed by atoms with Gasteiger partial charge in [-0.25, -0.2) is 0 Å². The van der Waals surface area contributed by atoms with Gasteiger partial charge in [0.05, 0.1) is 0 Å². The fourth-order valence-electron chi connectivity index (χ4n) is 10.8. The molecule has 6 aromatic carbocycles. The lowest BCUT2D eigenvalue weighted by atomic mass is 9.48. The predicted molar refractivity (Wildman–Crippen MR) is 208 cm³/mol. The van der Waals surface area contributed by atoms with Crippen molar-refractivity contribution in [3.8, 4) is 22.3 Å². The summed E-state index contributed by atoms with van der Waals surface area (Å²) in [4.78, 5) is 2.48. The van der Waals surface area contributed by atoms with Crippen molar-refractivity contribution < 1.29 is 4.42 Å². The van der Waals surface area contributed by atoms with Crippen LogP contribution in [-0.2, 0) is 5.41 Å². The molecule has 5 unspecified atom stereocenters. The molecule has 0 radical (unpaired) electrons. The molecule has 50 heavy (non-hydrogen) atoms. The Labute approximate surface area is 295 Å². The van der Waals surface area contributed by atoms with Gasteiger partial charge in [-0.3, -0.25) is 0 Å². The number of para-hydroxylation sites is 1. The summed E-state index contributed by atoms with van der Waals surface area (Å²) < 4.78 is 6.29. The molecule has 0 N–H and O–H groups in total. The molecular formula is C48H43NO. The van der Waals surface area contributed by atoms with Gasteiger partial charge < -0.3 is 9.32 Å². The molecule has 2 nitrogen and oxygen atoms in total. The lowest BCUT2D eigenvalue weighted by molar-refractivity contribution is 0.0330. The quantitative estimate of drug-likeness (QED) is 0.184. The maximum absolute atomic E-state index is 6.29. The van der Waals surface area contributed by atoms with Gasteiger partial charge in [0, 0.05) is 33.2 Å². The topological polar surface area (TPSA) is 16.4 Å². The van der Waals surface area contributed by atoms with Crippen LogP contribution in [0, 0.1) is 23.7 Å². The summed E-state index contributed by atoms with van der Waals surface area (Å²) in [7, 11) is 0. The van der Waals surface area contributed by atoms with E-state index >= 15 is 0 Å². The van der Waals surface area contributed by atoms with E-state index in [2.05, 4.69) is 158 Å². The summed E-state index contributed by atoms with van der Waals surface area (Å²) in [6.07, 6.45) is 6.63. The molecule has 0 saturated heterocycles. The van der Waals surface area contributed by atoms with Crippen molar-refractivity contribution >= 4 is 39.0 Å². The second kappa shape index (κ2) is 11.5. The summed E-state index contributed by atoms with van der Waals surface area (Å²) in [5.74, 6) is 2.95. The Morgan fingerprint density at radius 1 is 0.580 bits per heavy atom. The molecule has 1 aromatic heterocycles. The lowest BCUT2D eigenvalue weighted by Crippen LogP contribution is -2.50. The Kier molecular flexibility index (Phi) is 6.85. The highest BCUT2D eigenvalue weighted by Gasteiger charge is 2.57. The molecule has 246 valence electrons. The number of anilines is 3. The number of rotatable bonds is 5. The van der Waals surface area contributed by atoms with Crippen molar-refractivity contribution in [2.45, 2.75) is 51.4 Å². The zero-order valence-corrected chi connectivity index (χ0v) is 29.0. The molecular weight excluding hydrogens is 607 g/mol. The van der Waals surface area contributed by atoms with Crippen LogP contribution >= 0.6 is 0 Å². The third-order valence-corrected chi connectivity index (χ3v) is 12.7. The summed E-state index contributed by atoms with van der Waals surface area (Å²) in [5, 5.41) is 2.30. The average molecular weight is 650 g/mol. The maximum Gasteiger partial charge on any atom is 0.135 e. The van der Waals surface area contributed by atoms with E-state index in [-0.39, 0.29) is 5.41 Å². The van der Waals surface area contributed by atoms with Gasteiger partial charge in [0.15, 0.2) is 0 Å². The molecule has 5 atom stereocenters. The molecule has 2 saturated carbocycles. The van der Waals surface area contributed by atoms with E-state index < -0.39 is 0 Å². The van der Waals surface area contributed by atoms with Gasteiger partial charge in [-0.2, -0.15) is 0 Å². The first-order chi connectivity index (χ1) is 24.6. The Balaban J connectivity index is 1.18. The van der Waals surface area contributed by atoms with Crippen LogP contribution in [0.25, 0.3) is 44.2 Å². The molecule has 1 spiro atoms. The van der Waals surface area contributed by atoms with Gasteiger partial charge in [0.2, 0.25) is 0 Å². The van der Waals surface area contributed by atoms with Crippen LogP contribution in [0.1, 0.15) is 57.1 Å². The summed E-state index contributed by atoms with van der Waals surface area (Å²) in [6.45, 7) is 4.96. The van der Waals surface area contributed by atoms with Crippen molar-refractivity contribution in [2.75, 3.05) is 4.90 Å². The van der Waals surface area contributed by atoms with Crippen molar-refractivity contribution in [1.29, 1.82) is 0 Å². The minimum absolute atomic E-state index is 0.0510. The van der Waals surface area contributed by atoms with Crippen LogP contribution in [0.4, 0.5) is 17.1 Å². The first-order valence-electron chi connectivity index (χ1n) is 18.7. The molecule has 2 heteroatoms. The third-order valence-electron chi connectivity index (χ3n) is 12.7. The molecule has 0 aliphatic heterocycles. The SMILES string of the molecule is CCC1CC2CC(C)CC(C2)C12c1ccccc1-c1ccc(N(c3ccc(-c4ccccc4)cc3)c3ccc4oc5ccccc5c4c3)cc12. The second-order valence-electron chi connectivity index (χ2n) is 15.4. The second-order valence-corrected chi connectivity index (χ2v) is 15.4. The third kappa shape index (κ3) is 4.40. The minimum Gasteiger partial charge on any atom is -0.456 e. The highest BCUT2D eigenvalue weighted by atomic mass is 16.3. The fourth-order valence-corrected chi connectivity index (χ4v) is 10.8. The summed E-state index contributed by atoms with van der Waals surface area (Å²) in [6, 6.07) is 51.7. The van der Waals surface area contributed by atoms with Gasteiger partial charge in [-0.1, -0.05) is 111 Å². The molecule has 3 aliphatic carbocycles. The van der Waals surface area contributed by atoms with Gasteiger partial charge in [0.1, 0.15) is 11.2 Å². The Hall–Kier alpha value is -5.08.